The Labute approximate surface area is 82.4 Å². The number of para-hydroxylation sites is 1. The molecule has 2 rings (SSSR count). The van der Waals surface area contributed by atoms with Gasteiger partial charge in [0, 0.05) is 6.07 Å². The highest BCUT2D eigenvalue weighted by atomic mass is 32.1. The molecule has 3 heteroatoms. The van der Waals surface area contributed by atoms with Gasteiger partial charge in [-0.3, -0.25) is 0 Å². The van der Waals surface area contributed by atoms with Crippen molar-refractivity contribution in [3.05, 3.63) is 30.5 Å². The first-order valence-corrected chi connectivity index (χ1v) is 4.50. The number of rotatable bonds is 0. The molecule has 1 heterocycles. The Morgan fingerprint density at radius 1 is 1.31 bits per heavy atom. The van der Waals surface area contributed by atoms with Crippen LogP contribution >= 0.6 is 12.6 Å². The molecular weight excluding hydrogens is 180 g/mol. The van der Waals surface area contributed by atoms with Gasteiger partial charge in [-0.15, -0.1) is 12.6 Å². The van der Waals surface area contributed by atoms with E-state index >= 15 is 0 Å². The quantitative estimate of drug-likeness (QED) is 0.480. The molecule has 0 aliphatic rings. The maximum Gasteiger partial charge on any atom is 0.214 e. The van der Waals surface area contributed by atoms with Crippen molar-refractivity contribution in [1.29, 1.82) is 0 Å². The van der Waals surface area contributed by atoms with Gasteiger partial charge in [0.15, 0.2) is 6.20 Å². The van der Waals surface area contributed by atoms with Gasteiger partial charge in [-0.25, -0.2) is 0 Å². The van der Waals surface area contributed by atoms with E-state index in [2.05, 4.69) is 12.6 Å². The number of aryl methyl sites for hydroxylation is 1. The Bertz CT molecular complexity index is 466. The van der Waals surface area contributed by atoms with Gasteiger partial charge in [-0.1, -0.05) is 12.1 Å². The van der Waals surface area contributed by atoms with E-state index in [1.54, 1.807) is 0 Å². The smallest absolute Gasteiger partial charge is 0.214 e. The first kappa shape index (κ1) is 8.38. The Balaban J connectivity index is 2.97. The second-order valence-corrected chi connectivity index (χ2v) is 3.54. The molecule has 1 aromatic heterocycles. The van der Waals surface area contributed by atoms with Crippen LogP contribution in [-0.2, 0) is 7.05 Å². The highest BCUT2D eigenvalue weighted by Crippen LogP contribution is 2.23. The number of aromatic nitrogens is 1. The molecule has 0 bridgehead atoms. The van der Waals surface area contributed by atoms with Crippen LogP contribution in [0, 0.1) is 0 Å². The Kier molecular flexibility index (Phi) is 1.88. The second kappa shape index (κ2) is 2.92. The van der Waals surface area contributed by atoms with Crippen molar-refractivity contribution in [3.63, 3.8) is 0 Å². The van der Waals surface area contributed by atoms with Crippen LogP contribution in [0.3, 0.4) is 0 Å². The van der Waals surface area contributed by atoms with Gasteiger partial charge in [0.05, 0.1) is 16.0 Å². The van der Waals surface area contributed by atoms with Crippen molar-refractivity contribution >= 4 is 29.2 Å². The van der Waals surface area contributed by atoms with Crippen molar-refractivity contribution in [2.75, 3.05) is 5.73 Å². The van der Waals surface area contributed by atoms with E-state index < -0.39 is 0 Å². The largest absolute Gasteiger partial charge is 0.397 e. The van der Waals surface area contributed by atoms with Crippen molar-refractivity contribution in [2.24, 2.45) is 7.05 Å². The second-order valence-electron chi connectivity index (χ2n) is 3.06. The van der Waals surface area contributed by atoms with E-state index in [-0.39, 0.29) is 0 Å². The Morgan fingerprint density at radius 2 is 2.00 bits per heavy atom. The van der Waals surface area contributed by atoms with Crippen molar-refractivity contribution in [1.82, 2.24) is 0 Å². The van der Waals surface area contributed by atoms with Crippen LogP contribution in [0.2, 0.25) is 0 Å². The number of hydrogen-bond donors (Lipinski definition) is 2. The van der Waals surface area contributed by atoms with Gasteiger partial charge in [-0.05, 0) is 6.07 Å². The van der Waals surface area contributed by atoms with Crippen LogP contribution in [0.25, 0.3) is 10.9 Å². The fourth-order valence-corrected chi connectivity index (χ4v) is 1.76. The first-order valence-electron chi connectivity index (χ1n) is 4.06. The summed E-state index contributed by atoms with van der Waals surface area (Å²) in [6.07, 6.45) is 1.92. The Hall–Kier alpha value is -1.22. The lowest BCUT2D eigenvalue weighted by Gasteiger charge is -2.02. The number of benzene rings is 1. The number of nitrogen functional groups attached to an aromatic ring is 1. The lowest BCUT2D eigenvalue weighted by Crippen LogP contribution is -2.28. The van der Waals surface area contributed by atoms with Crippen molar-refractivity contribution in [2.45, 2.75) is 4.90 Å². The number of pyridine rings is 1. The number of hydrogen-bond acceptors (Lipinski definition) is 2. The fourth-order valence-electron chi connectivity index (χ4n) is 1.47. The number of nitrogens with zero attached hydrogens (tertiary/aromatic N) is 1. The van der Waals surface area contributed by atoms with Crippen LogP contribution in [0.1, 0.15) is 0 Å². The van der Waals surface area contributed by atoms with E-state index in [4.69, 9.17) is 5.73 Å². The summed E-state index contributed by atoms with van der Waals surface area (Å²) in [6.45, 7) is 0. The maximum atomic E-state index is 5.90. The molecule has 2 N–H and O–H groups in total. The summed E-state index contributed by atoms with van der Waals surface area (Å²) in [6, 6.07) is 8.02. The molecule has 0 spiro atoms. The van der Waals surface area contributed by atoms with Gasteiger partial charge in [0.1, 0.15) is 7.05 Å². The lowest BCUT2D eigenvalue weighted by atomic mass is 10.2. The van der Waals surface area contributed by atoms with E-state index in [9.17, 15) is 0 Å². The third-order valence-corrected chi connectivity index (χ3v) is 2.52. The molecule has 0 saturated heterocycles. The molecule has 0 unspecified atom stereocenters. The van der Waals surface area contributed by atoms with E-state index in [1.807, 2.05) is 42.1 Å². The molecule has 0 fully saturated rings. The summed E-state index contributed by atoms with van der Waals surface area (Å²) >= 11 is 4.30. The van der Waals surface area contributed by atoms with Crippen molar-refractivity contribution in [3.8, 4) is 0 Å². The van der Waals surface area contributed by atoms with E-state index in [0.717, 1.165) is 21.5 Å². The number of nitrogens with two attached hydrogens (primary N) is 1. The van der Waals surface area contributed by atoms with Gasteiger partial charge in [-0.2, -0.15) is 4.57 Å². The van der Waals surface area contributed by atoms with Gasteiger partial charge < -0.3 is 5.73 Å². The van der Waals surface area contributed by atoms with Gasteiger partial charge >= 0.3 is 0 Å². The molecule has 2 nitrogen and oxygen atoms in total. The normalized spacial score (nSPS) is 10.6. The molecule has 13 heavy (non-hydrogen) atoms. The summed E-state index contributed by atoms with van der Waals surface area (Å²) in [5, 5.41) is 1.05. The van der Waals surface area contributed by atoms with Gasteiger partial charge in [0.25, 0.3) is 0 Å². The minimum atomic E-state index is 0.747. The zero-order valence-corrected chi connectivity index (χ0v) is 8.25. The molecule has 0 saturated carbocycles. The standard InChI is InChI=1S/C10H10N2S/c1-12-6-9(13)10(11)7-4-2-3-5-8(7)12/h2-6,11,13H,1H3/p+1. The summed E-state index contributed by atoms with van der Waals surface area (Å²) in [4.78, 5) is 0.821. The molecule has 0 aliphatic carbocycles. The monoisotopic (exact) mass is 191 g/mol. The van der Waals surface area contributed by atoms with Crippen LogP contribution in [0.15, 0.2) is 35.4 Å². The van der Waals surface area contributed by atoms with Crippen LogP contribution < -0.4 is 10.3 Å². The summed E-state index contributed by atoms with van der Waals surface area (Å²) in [5.41, 5.74) is 7.77. The number of thiol groups is 1. The number of anilines is 1. The van der Waals surface area contributed by atoms with E-state index in [1.165, 1.54) is 0 Å². The molecule has 0 atom stereocenters. The predicted octanol–water partition coefficient (Wildman–Crippen LogP) is 1.54. The third-order valence-electron chi connectivity index (χ3n) is 2.17. The highest BCUT2D eigenvalue weighted by Gasteiger charge is 2.09. The maximum absolute atomic E-state index is 5.90. The molecular formula is C10H11N2S+. The Morgan fingerprint density at radius 3 is 2.77 bits per heavy atom. The van der Waals surface area contributed by atoms with Crippen LogP contribution in [-0.4, -0.2) is 0 Å². The fraction of sp³-hybridized carbons (Fsp3) is 0.100. The molecule has 1 aromatic carbocycles. The van der Waals surface area contributed by atoms with Crippen LogP contribution in [0.4, 0.5) is 5.69 Å². The summed E-state index contributed by atoms with van der Waals surface area (Å²) in [7, 11) is 1.99. The zero-order valence-electron chi connectivity index (χ0n) is 7.36. The summed E-state index contributed by atoms with van der Waals surface area (Å²) in [5.74, 6) is 0. The van der Waals surface area contributed by atoms with Crippen molar-refractivity contribution < 1.29 is 4.57 Å². The average Bonchev–Trinajstić information content (AvgIpc) is 2.15. The topological polar surface area (TPSA) is 29.9 Å². The predicted molar refractivity (Wildman–Crippen MR) is 56.8 cm³/mol. The minimum Gasteiger partial charge on any atom is -0.397 e. The SMILES string of the molecule is C[n+]1cc(S)c(N)c2ccccc21. The molecule has 0 amide bonds. The molecule has 66 valence electrons. The zero-order chi connectivity index (χ0) is 9.42. The number of fused-ring (bicyclic) bond motifs is 1. The summed E-state index contributed by atoms with van der Waals surface area (Å²) < 4.78 is 2.02. The lowest BCUT2D eigenvalue weighted by molar-refractivity contribution is -0.646. The molecule has 0 aliphatic heterocycles. The highest BCUT2D eigenvalue weighted by molar-refractivity contribution is 7.80. The van der Waals surface area contributed by atoms with Crippen LogP contribution in [0.5, 0.6) is 0 Å². The third kappa shape index (κ3) is 1.25. The molecule has 0 radical (unpaired) electrons. The van der Waals surface area contributed by atoms with Gasteiger partial charge in [0.2, 0.25) is 5.52 Å². The molecule has 2 aromatic rings. The first-order chi connectivity index (χ1) is 6.20. The minimum absolute atomic E-state index is 0.747. The average molecular weight is 191 g/mol. The van der Waals surface area contributed by atoms with E-state index in [0.29, 0.717) is 0 Å².